The van der Waals surface area contributed by atoms with Crippen LogP contribution in [-0.4, -0.2) is 56.3 Å². The molecule has 5 nitrogen and oxygen atoms in total. The molecule has 1 fully saturated rings. The van der Waals surface area contributed by atoms with Crippen molar-refractivity contribution in [2.24, 2.45) is 0 Å². The Bertz CT molecular complexity index is 419. The summed E-state index contributed by atoms with van der Waals surface area (Å²) < 4.78 is 10.9. The Balaban J connectivity index is 1.60. The van der Waals surface area contributed by atoms with Gasteiger partial charge in [-0.2, -0.15) is 0 Å². The molecule has 1 atom stereocenters. The van der Waals surface area contributed by atoms with E-state index < -0.39 is 6.10 Å². The van der Waals surface area contributed by atoms with Crippen molar-refractivity contribution in [3.63, 3.8) is 0 Å². The van der Waals surface area contributed by atoms with Gasteiger partial charge in [-0.3, -0.25) is 9.69 Å². The lowest BCUT2D eigenvalue weighted by molar-refractivity contribution is -0.127. The number of ether oxygens (including phenoxy) is 2. The van der Waals surface area contributed by atoms with E-state index in [0.717, 1.165) is 39.3 Å². The largest absolute Gasteiger partial charge is 0.481 e. The minimum absolute atomic E-state index is 0.0687. The second-order valence-corrected chi connectivity index (χ2v) is 5.17. The molecule has 0 unspecified atom stereocenters. The predicted molar refractivity (Wildman–Crippen MR) is 81.4 cm³/mol. The van der Waals surface area contributed by atoms with Crippen LogP contribution in [0, 0.1) is 0 Å². The van der Waals surface area contributed by atoms with Gasteiger partial charge in [0, 0.05) is 19.6 Å². The summed E-state index contributed by atoms with van der Waals surface area (Å²) in [5.41, 5.74) is 0. The highest BCUT2D eigenvalue weighted by Crippen LogP contribution is 2.10. The Hall–Kier alpha value is -1.59. The van der Waals surface area contributed by atoms with E-state index >= 15 is 0 Å². The maximum absolute atomic E-state index is 11.9. The molecule has 0 aromatic heterocycles. The number of para-hydroxylation sites is 1. The number of nitrogens with one attached hydrogen (secondary N) is 1. The smallest absolute Gasteiger partial charge is 0.260 e. The van der Waals surface area contributed by atoms with Crippen LogP contribution in [0.4, 0.5) is 0 Å². The Morgan fingerprint density at radius 1 is 1.33 bits per heavy atom. The van der Waals surface area contributed by atoms with E-state index in [9.17, 15) is 4.79 Å². The highest BCUT2D eigenvalue weighted by atomic mass is 16.5. The minimum atomic E-state index is -0.476. The third-order valence-corrected chi connectivity index (χ3v) is 3.48. The lowest BCUT2D eigenvalue weighted by Gasteiger charge is -2.26. The average Bonchev–Trinajstić information content (AvgIpc) is 2.53. The second kappa shape index (κ2) is 8.64. The van der Waals surface area contributed by atoms with Crippen molar-refractivity contribution in [1.82, 2.24) is 10.2 Å². The molecule has 0 radical (unpaired) electrons. The highest BCUT2D eigenvalue weighted by Gasteiger charge is 2.14. The zero-order valence-corrected chi connectivity index (χ0v) is 12.6. The van der Waals surface area contributed by atoms with Crippen LogP contribution in [0.2, 0.25) is 0 Å². The van der Waals surface area contributed by atoms with Crippen molar-refractivity contribution >= 4 is 5.91 Å². The molecule has 1 aromatic rings. The molecule has 0 bridgehead atoms. The van der Waals surface area contributed by atoms with Crippen LogP contribution >= 0.6 is 0 Å². The standard InChI is InChI=1S/C16H24N2O3/c1-14(21-15-6-3-2-4-7-15)16(19)17-8-5-9-18-10-12-20-13-11-18/h2-4,6-7,14H,5,8-13H2,1H3,(H,17,19)/t14-/m0/s1. The molecule has 5 heteroatoms. The number of amides is 1. The first-order valence-corrected chi connectivity index (χ1v) is 7.55. The summed E-state index contributed by atoms with van der Waals surface area (Å²) in [5, 5.41) is 2.92. The number of rotatable bonds is 7. The fraction of sp³-hybridized carbons (Fsp3) is 0.562. The second-order valence-electron chi connectivity index (χ2n) is 5.17. The highest BCUT2D eigenvalue weighted by molar-refractivity contribution is 5.80. The van der Waals surface area contributed by atoms with E-state index in [1.54, 1.807) is 6.92 Å². The van der Waals surface area contributed by atoms with Gasteiger partial charge in [-0.15, -0.1) is 0 Å². The number of hydrogen-bond donors (Lipinski definition) is 1. The summed E-state index contributed by atoms with van der Waals surface area (Å²) in [6, 6.07) is 9.40. The molecule has 116 valence electrons. The van der Waals surface area contributed by atoms with Crippen LogP contribution < -0.4 is 10.1 Å². The zero-order chi connectivity index (χ0) is 14.9. The van der Waals surface area contributed by atoms with Crippen molar-refractivity contribution in [2.75, 3.05) is 39.4 Å². The van der Waals surface area contributed by atoms with E-state index in [1.807, 2.05) is 30.3 Å². The van der Waals surface area contributed by atoms with E-state index in [2.05, 4.69) is 10.2 Å². The molecule has 1 heterocycles. The quantitative estimate of drug-likeness (QED) is 0.770. The SMILES string of the molecule is C[C@H](Oc1ccccc1)C(=O)NCCCN1CCOCC1. The fourth-order valence-electron chi connectivity index (χ4n) is 2.24. The molecule has 1 aliphatic rings. The van der Waals surface area contributed by atoms with Crippen molar-refractivity contribution in [3.05, 3.63) is 30.3 Å². The molecule has 0 saturated carbocycles. The van der Waals surface area contributed by atoms with Gasteiger partial charge >= 0.3 is 0 Å². The molecule has 1 aromatic carbocycles. The summed E-state index contributed by atoms with van der Waals surface area (Å²) in [4.78, 5) is 14.3. The number of carbonyl (C=O) groups excluding carboxylic acids is 1. The summed E-state index contributed by atoms with van der Waals surface area (Å²) in [5.74, 6) is 0.647. The number of benzene rings is 1. The number of carbonyl (C=O) groups is 1. The summed E-state index contributed by atoms with van der Waals surface area (Å²) in [7, 11) is 0. The van der Waals surface area contributed by atoms with E-state index in [4.69, 9.17) is 9.47 Å². The molecule has 1 N–H and O–H groups in total. The normalized spacial score (nSPS) is 17.2. The van der Waals surface area contributed by atoms with E-state index in [-0.39, 0.29) is 5.91 Å². The average molecular weight is 292 g/mol. The topological polar surface area (TPSA) is 50.8 Å². The third-order valence-electron chi connectivity index (χ3n) is 3.48. The van der Waals surface area contributed by atoms with E-state index in [1.165, 1.54) is 0 Å². The first-order valence-electron chi connectivity index (χ1n) is 7.55. The van der Waals surface area contributed by atoms with Gasteiger partial charge in [-0.1, -0.05) is 18.2 Å². The van der Waals surface area contributed by atoms with Crippen LogP contribution in [0.5, 0.6) is 5.75 Å². The molecule has 1 saturated heterocycles. The monoisotopic (exact) mass is 292 g/mol. The van der Waals surface area contributed by atoms with Gasteiger partial charge < -0.3 is 14.8 Å². The lowest BCUT2D eigenvalue weighted by atomic mass is 10.3. The Kier molecular flexibility index (Phi) is 6.50. The van der Waals surface area contributed by atoms with Crippen molar-refractivity contribution in [1.29, 1.82) is 0 Å². The predicted octanol–water partition coefficient (Wildman–Crippen LogP) is 1.29. The maximum atomic E-state index is 11.9. The van der Waals surface area contributed by atoms with Gasteiger partial charge in [-0.05, 0) is 32.0 Å². The van der Waals surface area contributed by atoms with Crippen molar-refractivity contribution < 1.29 is 14.3 Å². The number of hydrogen-bond acceptors (Lipinski definition) is 4. The van der Waals surface area contributed by atoms with Crippen molar-refractivity contribution in [2.45, 2.75) is 19.4 Å². The van der Waals surface area contributed by atoms with Gasteiger partial charge in [0.05, 0.1) is 13.2 Å². The molecule has 1 aliphatic heterocycles. The van der Waals surface area contributed by atoms with Crippen LogP contribution in [0.1, 0.15) is 13.3 Å². The summed E-state index contributed by atoms with van der Waals surface area (Å²) in [6.07, 6.45) is 0.472. The molecule has 0 aliphatic carbocycles. The Morgan fingerprint density at radius 2 is 2.05 bits per heavy atom. The van der Waals surface area contributed by atoms with Crippen LogP contribution in [0.15, 0.2) is 30.3 Å². The Labute approximate surface area is 126 Å². The Morgan fingerprint density at radius 3 is 2.76 bits per heavy atom. The van der Waals surface area contributed by atoms with Gasteiger partial charge in [0.25, 0.3) is 5.91 Å². The third kappa shape index (κ3) is 5.73. The number of nitrogens with zero attached hydrogens (tertiary/aromatic N) is 1. The van der Waals surface area contributed by atoms with Crippen LogP contribution in [0.3, 0.4) is 0 Å². The molecular formula is C16H24N2O3. The van der Waals surface area contributed by atoms with Crippen LogP contribution in [0.25, 0.3) is 0 Å². The first kappa shape index (κ1) is 15.8. The van der Waals surface area contributed by atoms with E-state index in [0.29, 0.717) is 12.3 Å². The number of morpholine rings is 1. The van der Waals surface area contributed by atoms with Gasteiger partial charge in [0.15, 0.2) is 6.10 Å². The zero-order valence-electron chi connectivity index (χ0n) is 12.6. The fourth-order valence-corrected chi connectivity index (χ4v) is 2.24. The maximum Gasteiger partial charge on any atom is 0.260 e. The van der Waals surface area contributed by atoms with Gasteiger partial charge in [0.1, 0.15) is 5.75 Å². The lowest BCUT2D eigenvalue weighted by Crippen LogP contribution is -2.40. The van der Waals surface area contributed by atoms with Gasteiger partial charge in [-0.25, -0.2) is 0 Å². The molecule has 0 spiro atoms. The first-order chi connectivity index (χ1) is 10.3. The van der Waals surface area contributed by atoms with Crippen LogP contribution in [-0.2, 0) is 9.53 Å². The molecule has 2 rings (SSSR count). The molecular weight excluding hydrogens is 268 g/mol. The molecule has 21 heavy (non-hydrogen) atoms. The summed E-state index contributed by atoms with van der Waals surface area (Å²) in [6.45, 7) is 7.05. The molecule has 1 amide bonds. The van der Waals surface area contributed by atoms with Gasteiger partial charge in [0.2, 0.25) is 0 Å². The van der Waals surface area contributed by atoms with Crippen molar-refractivity contribution in [3.8, 4) is 5.75 Å². The summed E-state index contributed by atoms with van der Waals surface area (Å²) >= 11 is 0. The minimum Gasteiger partial charge on any atom is -0.481 e.